The molecule has 0 heterocycles. The van der Waals surface area contributed by atoms with Gasteiger partial charge < -0.3 is 19.7 Å². The number of amides is 2. The second kappa shape index (κ2) is 9.38. The van der Waals surface area contributed by atoms with Crippen LogP contribution in [0.15, 0.2) is 54.6 Å². The molecule has 0 aliphatic rings. The van der Waals surface area contributed by atoms with Gasteiger partial charge in [0.1, 0.15) is 12.3 Å². The van der Waals surface area contributed by atoms with Crippen LogP contribution in [0.4, 0.5) is 5.69 Å². The van der Waals surface area contributed by atoms with E-state index in [1.54, 1.807) is 43.4 Å². The minimum atomic E-state index is -0.981. The van der Waals surface area contributed by atoms with E-state index in [-0.39, 0.29) is 12.5 Å². The Balaban J connectivity index is 1.87. The summed E-state index contributed by atoms with van der Waals surface area (Å²) < 4.78 is 10.2. The number of rotatable bonds is 7. The molecular weight excluding hydrogens is 348 g/mol. The van der Waals surface area contributed by atoms with E-state index in [9.17, 15) is 14.4 Å². The molecule has 1 atom stereocenters. The quantitative estimate of drug-likeness (QED) is 0.754. The van der Waals surface area contributed by atoms with Gasteiger partial charge in [-0.25, -0.2) is 0 Å². The summed E-state index contributed by atoms with van der Waals surface area (Å²) in [6.07, 6.45) is -0.981. The monoisotopic (exact) mass is 370 g/mol. The lowest BCUT2D eigenvalue weighted by molar-refractivity contribution is -0.152. The Kier molecular flexibility index (Phi) is 6.93. The first kappa shape index (κ1) is 20.0. The normalized spacial score (nSPS) is 11.2. The number of carbonyl (C=O) groups excluding carboxylic acids is 3. The zero-order valence-corrected chi connectivity index (χ0v) is 15.5. The molecule has 0 aliphatic heterocycles. The summed E-state index contributed by atoms with van der Waals surface area (Å²) in [6.45, 7) is 1.13. The summed E-state index contributed by atoms with van der Waals surface area (Å²) in [6, 6.07) is 15.7. The molecule has 27 heavy (non-hydrogen) atoms. The average molecular weight is 370 g/mol. The number of hydrogen-bond acceptors (Lipinski definition) is 5. The van der Waals surface area contributed by atoms with Gasteiger partial charge in [-0.2, -0.15) is 0 Å². The van der Waals surface area contributed by atoms with Gasteiger partial charge in [-0.15, -0.1) is 0 Å². The molecule has 0 radical (unpaired) electrons. The second-order valence-corrected chi connectivity index (χ2v) is 5.75. The van der Waals surface area contributed by atoms with Crippen LogP contribution in [0, 0.1) is 0 Å². The molecule has 2 aromatic carbocycles. The fourth-order valence-electron chi connectivity index (χ4n) is 2.42. The van der Waals surface area contributed by atoms with Crippen molar-refractivity contribution in [2.24, 2.45) is 0 Å². The fraction of sp³-hybridized carbons (Fsp3) is 0.250. The molecular formula is C20H22N2O5. The summed E-state index contributed by atoms with van der Waals surface area (Å²) >= 11 is 0. The summed E-state index contributed by atoms with van der Waals surface area (Å²) in [5.74, 6) is -1.15. The maximum absolute atomic E-state index is 12.4. The fourth-order valence-corrected chi connectivity index (χ4v) is 2.42. The van der Waals surface area contributed by atoms with E-state index in [1.807, 2.05) is 18.2 Å². The van der Waals surface area contributed by atoms with Crippen molar-refractivity contribution in [1.82, 2.24) is 5.32 Å². The van der Waals surface area contributed by atoms with Crippen LogP contribution in [0.5, 0.6) is 5.75 Å². The Morgan fingerprint density at radius 3 is 2.33 bits per heavy atom. The first-order valence-electron chi connectivity index (χ1n) is 8.37. The molecule has 7 heteroatoms. The van der Waals surface area contributed by atoms with E-state index in [0.29, 0.717) is 17.0 Å². The van der Waals surface area contributed by atoms with Gasteiger partial charge in [-0.1, -0.05) is 30.3 Å². The van der Waals surface area contributed by atoms with Crippen molar-refractivity contribution >= 4 is 23.5 Å². The molecule has 0 spiro atoms. The third-order valence-electron chi connectivity index (χ3n) is 3.87. The van der Waals surface area contributed by atoms with Crippen molar-refractivity contribution < 1.29 is 23.9 Å². The lowest BCUT2D eigenvalue weighted by atomic mass is 10.2. The predicted molar refractivity (Wildman–Crippen MR) is 101 cm³/mol. The topological polar surface area (TPSA) is 84.9 Å². The van der Waals surface area contributed by atoms with Crippen molar-refractivity contribution in [2.45, 2.75) is 13.0 Å². The summed E-state index contributed by atoms with van der Waals surface area (Å²) in [4.78, 5) is 37.9. The van der Waals surface area contributed by atoms with Crippen LogP contribution < -0.4 is 15.0 Å². The molecule has 0 unspecified atom stereocenters. The van der Waals surface area contributed by atoms with Crippen molar-refractivity contribution in [2.75, 3.05) is 25.6 Å². The number of ether oxygens (including phenoxy) is 2. The summed E-state index contributed by atoms with van der Waals surface area (Å²) in [7, 11) is 3.06. The standard InChI is InChI=1S/C20H22N2O5/c1-14(20(25)22(2)15-9-5-4-6-10-15)27-18(23)13-21-19(24)16-11-7-8-12-17(16)26-3/h4-12,14H,13H2,1-3H3,(H,21,24)/t14-/m1/s1. The Hall–Kier alpha value is -3.35. The average Bonchev–Trinajstić information content (AvgIpc) is 2.71. The van der Waals surface area contributed by atoms with Gasteiger partial charge in [-0.3, -0.25) is 14.4 Å². The van der Waals surface area contributed by atoms with Gasteiger partial charge in [0, 0.05) is 12.7 Å². The van der Waals surface area contributed by atoms with E-state index < -0.39 is 18.0 Å². The minimum Gasteiger partial charge on any atom is -0.496 e. The van der Waals surface area contributed by atoms with Crippen LogP contribution in [0.2, 0.25) is 0 Å². The van der Waals surface area contributed by atoms with Crippen molar-refractivity contribution in [3.8, 4) is 5.75 Å². The highest BCUT2D eigenvalue weighted by molar-refractivity contribution is 5.99. The van der Waals surface area contributed by atoms with Gasteiger partial charge >= 0.3 is 5.97 Å². The van der Waals surface area contributed by atoms with E-state index in [1.165, 1.54) is 18.9 Å². The first-order chi connectivity index (χ1) is 12.9. The molecule has 0 aliphatic carbocycles. The van der Waals surface area contributed by atoms with Crippen LogP contribution >= 0.6 is 0 Å². The van der Waals surface area contributed by atoms with Gasteiger partial charge in [0.2, 0.25) is 0 Å². The lowest BCUT2D eigenvalue weighted by Gasteiger charge is -2.21. The molecule has 142 valence electrons. The number of carbonyl (C=O) groups is 3. The highest BCUT2D eigenvalue weighted by Crippen LogP contribution is 2.17. The van der Waals surface area contributed by atoms with Gasteiger partial charge in [-0.05, 0) is 31.2 Å². The number of nitrogens with one attached hydrogen (secondary N) is 1. The molecule has 0 aromatic heterocycles. The van der Waals surface area contributed by atoms with Gasteiger partial charge in [0.15, 0.2) is 6.10 Å². The highest BCUT2D eigenvalue weighted by Gasteiger charge is 2.23. The molecule has 2 rings (SSSR count). The van der Waals surface area contributed by atoms with E-state index in [2.05, 4.69) is 5.32 Å². The number of benzene rings is 2. The highest BCUT2D eigenvalue weighted by atomic mass is 16.5. The number of likely N-dealkylation sites (N-methyl/N-ethyl adjacent to an activating group) is 1. The molecule has 0 fully saturated rings. The third kappa shape index (κ3) is 5.31. The smallest absolute Gasteiger partial charge is 0.326 e. The Labute approximate surface area is 157 Å². The SMILES string of the molecule is COc1ccccc1C(=O)NCC(=O)O[C@H](C)C(=O)N(C)c1ccccc1. The summed E-state index contributed by atoms with van der Waals surface area (Å²) in [5.41, 5.74) is 0.996. The van der Waals surface area contributed by atoms with E-state index in [4.69, 9.17) is 9.47 Å². The van der Waals surface area contributed by atoms with Crippen molar-refractivity contribution in [1.29, 1.82) is 0 Å². The molecule has 0 bridgehead atoms. The van der Waals surface area contributed by atoms with Crippen molar-refractivity contribution in [3.05, 3.63) is 60.2 Å². The minimum absolute atomic E-state index is 0.306. The van der Waals surface area contributed by atoms with Crippen LogP contribution in [0.25, 0.3) is 0 Å². The largest absolute Gasteiger partial charge is 0.496 e. The Morgan fingerprint density at radius 2 is 1.67 bits per heavy atom. The third-order valence-corrected chi connectivity index (χ3v) is 3.87. The number of esters is 1. The maximum Gasteiger partial charge on any atom is 0.326 e. The molecule has 7 nitrogen and oxygen atoms in total. The molecule has 2 amide bonds. The van der Waals surface area contributed by atoms with Gasteiger partial charge in [0.05, 0.1) is 12.7 Å². The number of methoxy groups -OCH3 is 1. The van der Waals surface area contributed by atoms with Crippen molar-refractivity contribution in [3.63, 3.8) is 0 Å². The van der Waals surface area contributed by atoms with E-state index >= 15 is 0 Å². The maximum atomic E-state index is 12.4. The van der Waals surface area contributed by atoms with Crippen LogP contribution in [0.1, 0.15) is 17.3 Å². The molecule has 0 saturated carbocycles. The number of hydrogen-bond donors (Lipinski definition) is 1. The zero-order chi connectivity index (χ0) is 19.8. The second-order valence-electron chi connectivity index (χ2n) is 5.75. The first-order valence-corrected chi connectivity index (χ1v) is 8.37. The van der Waals surface area contributed by atoms with E-state index in [0.717, 1.165) is 0 Å². The van der Waals surface area contributed by atoms with Crippen LogP contribution in [0.3, 0.4) is 0 Å². The number of nitrogens with zero attached hydrogens (tertiary/aromatic N) is 1. The molecule has 1 N–H and O–H groups in total. The lowest BCUT2D eigenvalue weighted by Crippen LogP contribution is -2.39. The van der Waals surface area contributed by atoms with Crippen LogP contribution in [-0.4, -0.2) is 44.6 Å². The van der Waals surface area contributed by atoms with Gasteiger partial charge in [0.25, 0.3) is 11.8 Å². The molecule has 0 saturated heterocycles. The number of anilines is 1. The Bertz CT molecular complexity index is 807. The Morgan fingerprint density at radius 1 is 1.04 bits per heavy atom. The molecule has 2 aromatic rings. The van der Waals surface area contributed by atoms with Crippen LogP contribution in [-0.2, 0) is 14.3 Å². The number of para-hydroxylation sites is 2. The zero-order valence-electron chi connectivity index (χ0n) is 15.5. The summed E-state index contributed by atoms with van der Waals surface area (Å²) in [5, 5.41) is 2.46. The predicted octanol–water partition coefficient (Wildman–Crippen LogP) is 2.02.